The Bertz CT molecular complexity index is 295. The average molecular weight is 173 g/mol. The average Bonchev–Trinajstić information content (AvgIpc) is 2.31. The maximum absolute atomic E-state index is 12.3. The summed E-state index contributed by atoms with van der Waals surface area (Å²) in [5.41, 5.74) is 0. The lowest BCUT2D eigenvalue weighted by Crippen LogP contribution is -1.80. The Morgan fingerprint density at radius 3 is 2.82 bits per heavy atom. The molecule has 0 atom stereocenters. The predicted octanol–water partition coefficient (Wildman–Crippen LogP) is 2.13. The Morgan fingerprint density at radius 2 is 2.36 bits per heavy atom. The van der Waals surface area contributed by atoms with Crippen molar-refractivity contribution in [2.45, 2.75) is 0 Å². The van der Waals surface area contributed by atoms with E-state index in [1.807, 2.05) is 0 Å². The minimum Gasteiger partial charge on any atom is -0.259 e. The second-order valence-electron chi connectivity index (χ2n) is 1.74. The van der Waals surface area contributed by atoms with Crippen molar-refractivity contribution in [2.24, 2.45) is 0 Å². The lowest BCUT2D eigenvalue weighted by Gasteiger charge is -1.77. The molecule has 0 N–H and O–H groups in total. The second-order valence-corrected chi connectivity index (χ2v) is 2.81. The van der Waals surface area contributed by atoms with Crippen molar-refractivity contribution in [3.8, 4) is 0 Å². The zero-order valence-electron chi connectivity index (χ0n) is 5.36. The topological polar surface area (TPSA) is 43.1 Å². The fourth-order valence-electron chi connectivity index (χ4n) is 0.552. The Labute approximate surface area is 65.9 Å². The van der Waals surface area contributed by atoms with Crippen molar-refractivity contribution in [1.82, 2.24) is 0 Å². The fourth-order valence-corrected chi connectivity index (χ4v) is 1.18. The standard InChI is InChI=1S/C6H4FNO2S/c7-6-2-1-5(11-6)3-4-8(9)10/h1-4H. The van der Waals surface area contributed by atoms with E-state index in [0.29, 0.717) is 4.88 Å². The van der Waals surface area contributed by atoms with Crippen LogP contribution in [0.1, 0.15) is 4.88 Å². The van der Waals surface area contributed by atoms with Crippen LogP contribution in [0.4, 0.5) is 4.39 Å². The van der Waals surface area contributed by atoms with Gasteiger partial charge in [-0.2, -0.15) is 4.39 Å². The third-order valence-electron chi connectivity index (χ3n) is 0.955. The quantitative estimate of drug-likeness (QED) is 0.508. The van der Waals surface area contributed by atoms with Gasteiger partial charge in [0.25, 0.3) is 0 Å². The van der Waals surface area contributed by atoms with E-state index in [1.54, 1.807) is 0 Å². The minimum atomic E-state index is -0.586. The van der Waals surface area contributed by atoms with Gasteiger partial charge in [0.1, 0.15) is 0 Å². The van der Waals surface area contributed by atoms with E-state index in [4.69, 9.17) is 0 Å². The maximum Gasteiger partial charge on any atom is 0.235 e. The summed E-state index contributed by atoms with van der Waals surface area (Å²) in [4.78, 5) is 9.76. The van der Waals surface area contributed by atoms with Gasteiger partial charge >= 0.3 is 0 Å². The molecule has 0 bridgehead atoms. The highest BCUT2D eigenvalue weighted by molar-refractivity contribution is 7.11. The summed E-state index contributed by atoms with van der Waals surface area (Å²) in [5.74, 6) is 0. The van der Waals surface area contributed by atoms with E-state index < -0.39 is 4.92 Å². The first-order chi connectivity index (χ1) is 5.18. The van der Waals surface area contributed by atoms with Gasteiger partial charge in [-0.1, -0.05) is 0 Å². The van der Waals surface area contributed by atoms with Gasteiger partial charge in [-0.25, -0.2) is 0 Å². The highest BCUT2D eigenvalue weighted by atomic mass is 32.1. The van der Waals surface area contributed by atoms with Gasteiger partial charge in [0.15, 0.2) is 5.13 Å². The second kappa shape index (κ2) is 3.25. The van der Waals surface area contributed by atoms with E-state index in [2.05, 4.69) is 0 Å². The molecule has 0 fully saturated rings. The molecule has 0 aromatic carbocycles. The molecule has 0 saturated carbocycles. The van der Waals surface area contributed by atoms with Gasteiger partial charge in [0, 0.05) is 11.0 Å². The normalized spacial score (nSPS) is 10.6. The molecule has 1 rings (SSSR count). The number of nitrogens with zero attached hydrogens (tertiary/aromatic N) is 1. The molecule has 0 saturated heterocycles. The number of thiophene rings is 1. The van der Waals surface area contributed by atoms with E-state index in [-0.39, 0.29) is 5.13 Å². The molecule has 0 amide bonds. The Kier molecular flexibility index (Phi) is 2.32. The summed E-state index contributed by atoms with van der Waals surface area (Å²) in [6, 6.07) is 2.75. The van der Waals surface area contributed by atoms with Gasteiger partial charge in [0.2, 0.25) is 6.20 Å². The van der Waals surface area contributed by atoms with Crippen molar-refractivity contribution in [3.63, 3.8) is 0 Å². The first kappa shape index (κ1) is 7.87. The smallest absolute Gasteiger partial charge is 0.235 e. The molecule has 1 aromatic heterocycles. The monoisotopic (exact) mass is 173 g/mol. The highest BCUT2D eigenvalue weighted by Gasteiger charge is 1.95. The molecule has 0 radical (unpaired) electrons. The van der Waals surface area contributed by atoms with Crippen LogP contribution in [0.15, 0.2) is 18.3 Å². The lowest BCUT2D eigenvalue weighted by atomic mass is 10.4. The van der Waals surface area contributed by atoms with Gasteiger partial charge in [-0.15, -0.1) is 11.3 Å². The van der Waals surface area contributed by atoms with E-state index in [1.165, 1.54) is 18.2 Å². The predicted molar refractivity (Wildman–Crippen MR) is 40.3 cm³/mol. The van der Waals surface area contributed by atoms with Gasteiger partial charge in [-0.3, -0.25) is 10.1 Å². The van der Waals surface area contributed by atoms with E-state index in [0.717, 1.165) is 17.5 Å². The number of nitro groups is 1. The maximum atomic E-state index is 12.3. The molecule has 0 aliphatic rings. The van der Waals surface area contributed by atoms with Crippen LogP contribution in [-0.2, 0) is 0 Å². The molecule has 58 valence electrons. The van der Waals surface area contributed by atoms with Crippen LogP contribution in [0.3, 0.4) is 0 Å². The third kappa shape index (κ3) is 2.46. The molecule has 1 aromatic rings. The molecule has 5 heteroatoms. The van der Waals surface area contributed by atoms with Gasteiger partial charge < -0.3 is 0 Å². The van der Waals surface area contributed by atoms with Crippen LogP contribution < -0.4 is 0 Å². The molecular weight excluding hydrogens is 169 g/mol. The van der Waals surface area contributed by atoms with Gasteiger partial charge in [-0.05, 0) is 12.1 Å². The van der Waals surface area contributed by atoms with Gasteiger partial charge in [0.05, 0.1) is 4.92 Å². The Hall–Kier alpha value is -1.23. The molecule has 0 aliphatic carbocycles. The SMILES string of the molecule is O=[N+]([O-])C=Cc1ccc(F)s1. The summed E-state index contributed by atoms with van der Waals surface area (Å²) < 4.78 is 12.3. The first-order valence-corrected chi connectivity index (χ1v) is 3.57. The van der Waals surface area contributed by atoms with Crippen LogP contribution in [-0.4, -0.2) is 4.92 Å². The lowest BCUT2D eigenvalue weighted by molar-refractivity contribution is -0.400. The van der Waals surface area contributed by atoms with Crippen LogP contribution in [0.5, 0.6) is 0 Å². The van der Waals surface area contributed by atoms with Crippen LogP contribution in [0.2, 0.25) is 0 Å². The molecule has 3 nitrogen and oxygen atoms in total. The molecular formula is C6H4FNO2S. The molecule has 0 spiro atoms. The van der Waals surface area contributed by atoms with Crippen molar-refractivity contribution < 1.29 is 9.31 Å². The van der Waals surface area contributed by atoms with Crippen LogP contribution in [0.25, 0.3) is 6.08 Å². The number of rotatable bonds is 2. The highest BCUT2D eigenvalue weighted by Crippen LogP contribution is 2.15. The summed E-state index contributed by atoms with van der Waals surface area (Å²) in [7, 11) is 0. The number of halogens is 1. The third-order valence-corrected chi connectivity index (χ3v) is 1.79. The summed E-state index contributed by atoms with van der Waals surface area (Å²) >= 11 is 0.872. The van der Waals surface area contributed by atoms with Crippen LogP contribution >= 0.6 is 11.3 Å². The zero-order valence-corrected chi connectivity index (χ0v) is 6.18. The summed E-state index contributed by atoms with van der Waals surface area (Å²) in [6.45, 7) is 0. The first-order valence-electron chi connectivity index (χ1n) is 2.75. The largest absolute Gasteiger partial charge is 0.259 e. The molecule has 1 heterocycles. The number of hydrogen-bond donors (Lipinski definition) is 0. The molecule has 0 aliphatic heterocycles. The Balaban J connectivity index is 2.71. The van der Waals surface area contributed by atoms with Crippen molar-refractivity contribution in [3.05, 3.63) is 38.5 Å². The minimum absolute atomic E-state index is 0.340. The fraction of sp³-hybridized carbons (Fsp3) is 0. The van der Waals surface area contributed by atoms with Crippen LogP contribution in [0, 0.1) is 15.2 Å². The van der Waals surface area contributed by atoms with Crippen molar-refractivity contribution in [1.29, 1.82) is 0 Å². The van der Waals surface area contributed by atoms with Crippen molar-refractivity contribution >= 4 is 17.4 Å². The molecule has 11 heavy (non-hydrogen) atoms. The summed E-state index contributed by atoms with van der Waals surface area (Å²) in [5, 5.41) is 9.47. The number of hydrogen-bond acceptors (Lipinski definition) is 3. The molecule has 0 unspecified atom stereocenters. The van der Waals surface area contributed by atoms with E-state index in [9.17, 15) is 14.5 Å². The zero-order chi connectivity index (χ0) is 8.27. The van der Waals surface area contributed by atoms with Crippen molar-refractivity contribution in [2.75, 3.05) is 0 Å². The van der Waals surface area contributed by atoms with E-state index >= 15 is 0 Å². The summed E-state index contributed by atoms with van der Waals surface area (Å²) in [6.07, 6.45) is 2.04. The Morgan fingerprint density at radius 1 is 1.64 bits per heavy atom.